The first-order valence-corrected chi connectivity index (χ1v) is 6.97. The molecule has 2 rings (SSSR count). The highest BCUT2D eigenvalue weighted by atomic mass is 32.1. The Morgan fingerprint density at radius 2 is 2.33 bits per heavy atom. The minimum Gasteiger partial charge on any atom is -0.314 e. The summed E-state index contributed by atoms with van der Waals surface area (Å²) >= 11 is 1.92. The highest BCUT2D eigenvalue weighted by Crippen LogP contribution is 2.41. The molecular weight excluding hydrogens is 202 g/mol. The van der Waals surface area contributed by atoms with Crippen molar-refractivity contribution < 1.29 is 0 Å². The van der Waals surface area contributed by atoms with Crippen LogP contribution in [-0.4, -0.2) is 12.6 Å². The van der Waals surface area contributed by atoms with Gasteiger partial charge in [-0.3, -0.25) is 0 Å². The standard InChI is InChI=1S/C13H21NS/c1-3-8-14-12-7-6-11(10(12)2)13-5-4-9-15-13/h4-5,9-12,14H,3,6-8H2,1-2H3. The van der Waals surface area contributed by atoms with Gasteiger partial charge in [-0.2, -0.15) is 0 Å². The van der Waals surface area contributed by atoms with Gasteiger partial charge >= 0.3 is 0 Å². The van der Waals surface area contributed by atoms with Crippen molar-refractivity contribution in [1.29, 1.82) is 0 Å². The molecule has 0 aromatic carbocycles. The van der Waals surface area contributed by atoms with Crippen molar-refractivity contribution in [1.82, 2.24) is 5.32 Å². The summed E-state index contributed by atoms with van der Waals surface area (Å²) in [5.74, 6) is 1.61. The van der Waals surface area contributed by atoms with E-state index in [-0.39, 0.29) is 0 Å². The lowest BCUT2D eigenvalue weighted by Gasteiger charge is -2.20. The zero-order valence-electron chi connectivity index (χ0n) is 9.70. The molecule has 0 radical (unpaired) electrons. The lowest BCUT2D eigenvalue weighted by atomic mass is 9.94. The van der Waals surface area contributed by atoms with Gasteiger partial charge < -0.3 is 5.32 Å². The molecule has 0 saturated heterocycles. The first-order valence-electron chi connectivity index (χ1n) is 6.09. The monoisotopic (exact) mass is 223 g/mol. The first-order chi connectivity index (χ1) is 7.33. The Labute approximate surface area is 96.9 Å². The Kier molecular flexibility index (Phi) is 3.81. The van der Waals surface area contributed by atoms with E-state index in [0.29, 0.717) is 0 Å². The lowest BCUT2D eigenvalue weighted by Crippen LogP contribution is -2.32. The van der Waals surface area contributed by atoms with E-state index in [9.17, 15) is 0 Å². The van der Waals surface area contributed by atoms with Crippen molar-refractivity contribution in [2.24, 2.45) is 5.92 Å². The molecule has 1 heterocycles. The largest absolute Gasteiger partial charge is 0.314 e. The summed E-state index contributed by atoms with van der Waals surface area (Å²) in [5.41, 5.74) is 0. The minimum absolute atomic E-state index is 0.747. The molecule has 1 aromatic heterocycles. The van der Waals surface area contributed by atoms with Gasteiger partial charge in [-0.05, 0) is 49.1 Å². The Morgan fingerprint density at radius 1 is 1.47 bits per heavy atom. The number of thiophene rings is 1. The maximum atomic E-state index is 3.68. The second-order valence-corrected chi connectivity index (χ2v) is 5.60. The van der Waals surface area contributed by atoms with Crippen LogP contribution in [0.25, 0.3) is 0 Å². The Balaban J connectivity index is 1.95. The van der Waals surface area contributed by atoms with Gasteiger partial charge in [0.15, 0.2) is 0 Å². The van der Waals surface area contributed by atoms with Gasteiger partial charge in [-0.15, -0.1) is 11.3 Å². The Hall–Kier alpha value is -0.340. The zero-order valence-corrected chi connectivity index (χ0v) is 10.5. The topological polar surface area (TPSA) is 12.0 Å². The number of hydrogen-bond acceptors (Lipinski definition) is 2. The molecule has 0 spiro atoms. The summed E-state index contributed by atoms with van der Waals surface area (Å²) in [5, 5.41) is 5.88. The predicted molar refractivity (Wildman–Crippen MR) is 67.5 cm³/mol. The normalized spacial score (nSPS) is 30.9. The van der Waals surface area contributed by atoms with Crippen molar-refractivity contribution in [3.05, 3.63) is 22.4 Å². The van der Waals surface area contributed by atoms with Crippen LogP contribution in [0, 0.1) is 5.92 Å². The van der Waals surface area contributed by atoms with E-state index in [0.717, 1.165) is 17.9 Å². The van der Waals surface area contributed by atoms with E-state index < -0.39 is 0 Å². The molecular formula is C13H21NS. The molecule has 1 N–H and O–H groups in total. The van der Waals surface area contributed by atoms with Crippen LogP contribution in [0.15, 0.2) is 17.5 Å². The SMILES string of the molecule is CCCNC1CCC(c2cccs2)C1C. The van der Waals surface area contributed by atoms with Crippen molar-refractivity contribution >= 4 is 11.3 Å². The summed E-state index contributed by atoms with van der Waals surface area (Å²) in [6.45, 7) is 5.82. The third kappa shape index (κ3) is 2.43. The predicted octanol–water partition coefficient (Wildman–Crippen LogP) is 3.63. The van der Waals surface area contributed by atoms with Crippen LogP contribution in [0.3, 0.4) is 0 Å². The molecule has 1 fully saturated rings. The molecule has 1 aliphatic rings. The van der Waals surface area contributed by atoms with Crippen molar-refractivity contribution in [3.63, 3.8) is 0 Å². The molecule has 1 aromatic rings. The number of hydrogen-bond donors (Lipinski definition) is 1. The van der Waals surface area contributed by atoms with Crippen molar-refractivity contribution in [2.45, 2.75) is 45.1 Å². The maximum Gasteiger partial charge on any atom is 0.00990 e. The molecule has 84 valence electrons. The van der Waals surface area contributed by atoms with Crippen molar-refractivity contribution in [2.75, 3.05) is 6.54 Å². The van der Waals surface area contributed by atoms with E-state index in [1.54, 1.807) is 4.88 Å². The number of rotatable bonds is 4. The summed E-state index contributed by atoms with van der Waals surface area (Å²) in [4.78, 5) is 1.59. The van der Waals surface area contributed by atoms with Crippen molar-refractivity contribution in [3.8, 4) is 0 Å². The van der Waals surface area contributed by atoms with Gasteiger partial charge in [-0.1, -0.05) is 19.9 Å². The molecule has 2 heteroatoms. The van der Waals surface area contributed by atoms with Gasteiger partial charge in [0.05, 0.1) is 0 Å². The summed E-state index contributed by atoms with van der Waals surface area (Å²) in [7, 11) is 0. The summed E-state index contributed by atoms with van der Waals surface area (Å²) < 4.78 is 0. The fourth-order valence-electron chi connectivity index (χ4n) is 2.69. The van der Waals surface area contributed by atoms with Gasteiger partial charge in [0, 0.05) is 10.9 Å². The molecule has 0 bridgehead atoms. The third-order valence-electron chi connectivity index (χ3n) is 3.62. The average molecular weight is 223 g/mol. The van der Waals surface area contributed by atoms with Crippen LogP contribution in [0.2, 0.25) is 0 Å². The third-order valence-corrected chi connectivity index (χ3v) is 4.63. The molecule has 1 nitrogen and oxygen atoms in total. The van der Waals surface area contributed by atoms with Crippen LogP contribution in [-0.2, 0) is 0 Å². The fourth-order valence-corrected chi connectivity index (χ4v) is 3.67. The quantitative estimate of drug-likeness (QED) is 0.822. The Bertz CT molecular complexity index is 281. The Morgan fingerprint density at radius 3 is 3.00 bits per heavy atom. The molecule has 3 unspecified atom stereocenters. The number of nitrogens with one attached hydrogen (secondary N) is 1. The van der Waals surface area contributed by atoms with Gasteiger partial charge in [0.2, 0.25) is 0 Å². The molecule has 1 aliphatic carbocycles. The van der Waals surface area contributed by atoms with Gasteiger partial charge in [0.25, 0.3) is 0 Å². The second kappa shape index (κ2) is 5.13. The molecule has 0 aliphatic heterocycles. The fraction of sp³-hybridized carbons (Fsp3) is 0.692. The molecule has 0 amide bonds. The molecule has 1 saturated carbocycles. The second-order valence-electron chi connectivity index (χ2n) is 4.62. The van der Waals surface area contributed by atoms with E-state index in [2.05, 4.69) is 36.7 Å². The summed E-state index contributed by atoms with van der Waals surface area (Å²) in [6.07, 6.45) is 3.96. The van der Waals surface area contributed by atoms with Crippen LogP contribution in [0.4, 0.5) is 0 Å². The molecule has 3 atom stereocenters. The lowest BCUT2D eigenvalue weighted by molar-refractivity contribution is 0.407. The molecule has 15 heavy (non-hydrogen) atoms. The van der Waals surface area contributed by atoms with Gasteiger partial charge in [-0.25, -0.2) is 0 Å². The van der Waals surface area contributed by atoms with E-state index in [1.807, 2.05) is 11.3 Å². The van der Waals surface area contributed by atoms with Gasteiger partial charge in [0.1, 0.15) is 0 Å². The maximum absolute atomic E-state index is 3.68. The zero-order chi connectivity index (χ0) is 10.7. The van der Waals surface area contributed by atoms with E-state index in [4.69, 9.17) is 0 Å². The highest BCUT2D eigenvalue weighted by Gasteiger charge is 2.33. The average Bonchev–Trinajstić information content (AvgIpc) is 2.84. The minimum atomic E-state index is 0.747. The van der Waals surface area contributed by atoms with Crippen LogP contribution in [0.5, 0.6) is 0 Å². The highest BCUT2D eigenvalue weighted by molar-refractivity contribution is 7.10. The van der Waals surface area contributed by atoms with Crippen LogP contribution >= 0.6 is 11.3 Å². The summed E-state index contributed by atoms with van der Waals surface area (Å²) in [6, 6.07) is 5.23. The van der Waals surface area contributed by atoms with Crippen LogP contribution in [0.1, 0.15) is 43.9 Å². The smallest absolute Gasteiger partial charge is 0.00990 e. The van der Waals surface area contributed by atoms with E-state index >= 15 is 0 Å². The first kappa shape index (κ1) is 11.2. The van der Waals surface area contributed by atoms with Crippen LogP contribution < -0.4 is 5.32 Å². The van der Waals surface area contributed by atoms with E-state index in [1.165, 1.54) is 25.8 Å².